The van der Waals surface area contributed by atoms with Crippen LogP contribution in [0.4, 0.5) is 8.78 Å². The molecule has 15 heavy (non-hydrogen) atoms. The zero-order valence-electron chi connectivity index (χ0n) is 8.39. The highest BCUT2D eigenvalue weighted by Crippen LogP contribution is 2.31. The van der Waals surface area contributed by atoms with Gasteiger partial charge in [-0.15, -0.1) is 0 Å². The number of rotatable bonds is 2. The molecule has 0 fully saturated rings. The van der Waals surface area contributed by atoms with Crippen molar-refractivity contribution in [2.24, 2.45) is 5.73 Å². The molecule has 6 heteroatoms. The van der Waals surface area contributed by atoms with E-state index in [2.05, 4.69) is 4.98 Å². The van der Waals surface area contributed by atoms with Gasteiger partial charge in [0.2, 0.25) is 0 Å². The smallest absolute Gasteiger partial charge is 0.288 e. The van der Waals surface area contributed by atoms with E-state index in [1.165, 1.54) is 12.3 Å². The third-order valence-corrected chi connectivity index (χ3v) is 2.09. The van der Waals surface area contributed by atoms with Crippen LogP contribution in [0, 0.1) is 0 Å². The summed E-state index contributed by atoms with van der Waals surface area (Å²) < 4.78 is 25.7. The quantitative estimate of drug-likeness (QED) is 0.881. The number of nitrogens with zero attached hydrogens (tertiary/aromatic N) is 1. The van der Waals surface area contributed by atoms with E-state index in [-0.39, 0.29) is 24.6 Å². The lowest BCUT2D eigenvalue weighted by atomic mass is 10.1. The van der Waals surface area contributed by atoms with Crippen LogP contribution in [-0.2, 0) is 5.92 Å². The third-order valence-electron chi connectivity index (χ3n) is 1.80. The lowest BCUT2D eigenvalue weighted by molar-refractivity contribution is 0.0128. The van der Waals surface area contributed by atoms with Crippen molar-refractivity contribution in [3.05, 3.63) is 28.5 Å². The Morgan fingerprint density at radius 1 is 1.53 bits per heavy atom. The van der Waals surface area contributed by atoms with E-state index >= 15 is 0 Å². The van der Waals surface area contributed by atoms with E-state index in [4.69, 9.17) is 17.3 Å². The van der Waals surface area contributed by atoms with Crippen LogP contribution < -0.4 is 5.73 Å². The molecular weight excluding hydrogens is 242 g/mol. The molecule has 1 atom stereocenters. The monoisotopic (exact) mass is 254 g/mol. The van der Waals surface area contributed by atoms with E-state index in [0.717, 1.165) is 6.92 Å². The first-order valence-corrected chi connectivity index (χ1v) is 4.49. The maximum atomic E-state index is 12.9. The summed E-state index contributed by atoms with van der Waals surface area (Å²) >= 11 is 5.66. The highest BCUT2D eigenvalue weighted by atomic mass is 35.5. The molecule has 0 bridgehead atoms. The van der Waals surface area contributed by atoms with Crippen molar-refractivity contribution in [3.63, 3.8) is 0 Å². The summed E-state index contributed by atoms with van der Waals surface area (Å²) in [6, 6.07) is 1.16. The fourth-order valence-corrected chi connectivity index (χ4v) is 1.37. The average molecular weight is 255 g/mol. The molecular formula is C9H13ClF2N2S. The highest BCUT2D eigenvalue weighted by Gasteiger charge is 2.29. The maximum Gasteiger partial charge on any atom is 0.288 e. The summed E-state index contributed by atoms with van der Waals surface area (Å²) in [5.41, 5.74) is 5.78. The summed E-state index contributed by atoms with van der Waals surface area (Å²) in [6.45, 7) is 2.49. The summed E-state index contributed by atoms with van der Waals surface area (Å²) in [4.78, 5) is 3.61. The van der Waals surface area contributed by atoms with Gasteiger partial charge >= 0.3 is 0 Å². The minimum atomic E-state index is -3.02. The Kier molecular flexibility index (Phi) is 4.96. The van der Waals surface area contributed by atoms with Gasteiger partial charge in [0.1, 0.15) is 5.69 Å². The molecule has 1 rings (SSSR count). The zero-order valence-corrected chi connectivity index (χ0v) is 10.1. The van der Waals surface area contributed by atoms with Gasteiger partial charge in [-0.1, -0.05) is 11.6 Å². The van der Waals surface area contributed by atoms with E-state index in [0.29, 0.717) is 5.56 Å². The lowest BCUT2D eigenvalue weighted by Gasteiger charge is -2.13. The lowest BCUT2D eigenvalue weighted by Crippen LogP contribution is -2.12. The zero-order chi connectivity index (χ0) is 10.9. The van der Waals surface area contributed by atoms with Crippen LogP contribution in [0.2, 0.25) is 5.02 Å². The first-order chi connectivity index (χ1) is 6.32. The molecule has 0 unspecified atom stereocenters. The summed E-state index contributed by atoms with van der Waals surface area (Å²) in [7, 11) is 0. The summed E-state index contributed by atoms with van der Waals surface area (Å²) in [5.74, 6) is -3.02. The fourth-order valence-electron chi connectivity index (χ4n) is 1.02. The van der Waals surface area contributed by atoms with E-state index in [1.807, 2.05) is 0 Å². The number of pyridine rings is 1. The third kappa shape index (κ3) is 3.59. The molecule has 1 aromatic heterocycles. The van der Waals surface area contributed by atoms with E-state index < -0.39 is 11.6 Å². The van der Waals surface area contributed by atoms with Crippen molar-refractivity contribution >= 4 is 25.1 Å². The van der Waals surface area contributed by atoms with Gasteiger partial charge in [0, 0.05) is 19.2 Å². The minimum absolute atomic E-state index is 0. The summed E-state index contributed by atoms with van der Waals surface area (Å²) in [6.07, 6.45) is 1.32. The van der Waals surface area contributed by atoms with Gasteiger partial charge in [0.15, 0.2) is 0 Å². The number of nitrogens with two attached hydrogens (primary N) is 1. The second-order valence-corrected chi connectivity index (χ2v) is 3.68. The number of alkyl halides is 2. The molecule has 1 aromatic rings. The Balaban J connectivity index is 0.00000196. The van der Waals surface area contributed by atoms with Crippen LogP contribution in [0.5, 0.6) is 0 Å². The predicted molar refractivity (Wildman–Crippen MR) is 61.8 cm³/mol. The molecule has 0 radical (unpaired) electrons. The first kappa shape index (κ1) is 14.6. The standard InChI is InChI=1S/C9H11ClF2N2.H2S/c1-5(13)6-3-7(10)8(14-4-6)9(2,11)12;/h3-5H,13H2,1-2H3;1H2/t5-;/m0./s1. The molecule has 0 aliphatic rings. The molecule has 2 nitrogen and oxygen atoms in total. The van der Waals surface area contributed by atoms with Gasteiger partial charge in [-0.2, -0.15) is 22.3 Å². The van der Waals surface area contributed by atoms with Crippen LogP contribution in [0.25, 0.3) is 0 Å². The number of halogens is 3. The largest absolute Gasteiger partial charge is 0.324 e. The van der Waals surface area contributed by atoms with Crippen LogP contribution >= 0.6 is 25.1 Å². The number of hydrogen-bond donors (Lipinski definition) is 1. The number of aromatic nitrogens is 1. The van der Waals surface area contributed by atoms with Crippen molar-refractivity contribution < 1.29 is 8.78 Å². The SMILES string of the molecule is C[C@H](N)c1cnc(C(C)(F)F)c(Cl)c1.S. The molecule has 0 amide bonds. The summed E-state index contributed by atoms with van der Waals surface area (Å²) in [5, 5.41) is -0.0488. The van der Waals surface area contributed by atoms with Gasteiger partial charge in [-0.05, 0) is 18.6 Å². The second-order valence-electron chi connectivity index (χ2n) is 3.28. The van der Waals surface area contributed by atoms with Crippen LogP contribution in [0.15, 0.2) is 12.3 Å². The number of hydrogen-bond acceptors (Lipinski definition) is 2. The maximum absolute atomic E-state index is 12.9. The Bertz CT molecular complexity index is 339. The first-order valence-electron chi connectivity index (χ1n) is 4.11. The topological polar surface area (TPSA) is 38.9 Å². The molecule has 0 saturated heterocycles. The van der Waals surface area contributed by atoms with Gasteiger partial charge in [-0.25, -0.2) is 0 Å². The Labute approximate surface area is 99.3 Å². The van der Waals surface area contributed by atoms with Gasteiger partial charge in [0.05, 0.1) is 5.02 Å². The van der Waals surface area contributed by atoms with E-state index in [1.54, 1.807) is 6.92 Å². The normalized spacial score (nSPS) is 13.2. The van der Waals surface area contributed by atoms with Crippen molar-refractivity contribution in [1.82, 2.24) is 4.98 Å². The van der Waals surface area contributed by atoms with Crippen molar-refractivity contribution in [2.75, 3.05) is 0 Å². The Hall–Kier alpha value is -0.390. The fraction of sp³-hybridized carbons (Fsp3) is 0.444. The van der Waals surface area contributed by atoms with Crippen molar-refractivity contribution in [3.8, 4) is 0 Å². The Morgan fingerprint density at radius 2 is 2.07 bits per heavy atom. The van der Waals surface area contributed by atoms with Gasteiger partial charge in [-0.3, -0.25) is 4.98 Å². The van der Waals surface area contributed by atoms with Crippen molar-refractivity contribution in [2.45, 2.75) is 25.8 Å². The molecule has 0 spiro atoms. The molecule has 2 N–H and O–H groups in total. The minimum Gasteiger partial charge on any atom is -0.324 e. The van der Waals surface area contributed by atoms with Crippen LogP contribution in [0.1, 0.15) is 31.1 Å². The molecule has 0 saturated carbocycles. The second kappa shape index (κ2) is 5.09. The van der Waals surface area contributed by atoms with E-state index in [9.17, 15) is 8.78 Å². The van der Waals surface area contributed by atoms with Crippen molar-refractivity contribution in [1.29, 1.82) is 0 Å². The van der Waals surface area contributed by atoms with Gasteiger partial charge < -0.3 is 5.73 Å². The highest BCUT2D eigenvalue weighted by molar-refractivity contribution is 7.59. The van der Waals surface area contributed by atoms with Crippen LogP contribution in [0.3, 0.4) is 0 Å². The molecule has 1 heterocycles. The molecule has 0 aromatic carbocycles. The van der Waals surface area contributed by atoms with Crippen LogP contribution in [-0.4, -0.2) is 4.98 Å². The Morgan fingerprint density at radius 3 is 2.40 bits per heavy atom. The average Bonchev–Trinajstić information content (AvgIpc) is 2.01. The predicted octanol–water partition coefficient (Wildman–Crippen LogP) is 2.98. The molecule has 86 valence electrons. The van der Waals surface area contributed by atoms with Gasteiger partial charge in [0.25, 0.3) is 5.92 Å². The molecule has 0 aliphatic carbocycles. The molecule has 0 aliphatic heterocycles.